The van der Waals surface area contributed by atoms with Crippen molar-refractivity contribution in [2.45, 2.75) is 19.4 Å². The highest BCUT2D eigenvalue weighted by Crippen LogP contribution is 2.26. The number of carbonyl (C=O) groups is 1. The number of nitrogens with one attached hydrogen (secondary N) is 1. The fourth-order valence-electron chi connectivity index (χ4n) is 3.40. The number of hydrogen-bond donors (Lipinski definition) is 1. The fraction of sp³-hybridized carbons (Fsp3) is 0.400. The van der Waals surface area contributed by atoms with Gasteiger partial charge in [0.05, 0.1) is 6.54 Å². The number of aryl methyl sites for hydroxylation is 1. The van der Waals surface area contributed by atoms with Gasteiger partial charge in [-0.3, -0.25) is 9.69 Å². The van der Waals surface area contributed by atoms with E-state index in [0.29, 0.717) is 35.7 Å². The zero-order valence-corrected chi connectivity index (χ0v) is 17.6. The number of likely N-dealkylation sites (tertiary alicyclic amines) is 1. The van der Waals surface area contributed by atoms with E-state index in [4.69, 9.17) is 4.42 Å². The molecular formula is C20H24N6O2S. The number of carbonyl (C=O) groups excluding carboxylic acids is 1. The van der Waals surface area contributed by atoms with Gasteiger partial charge >= 0.3 is 0 Å². The van der Waals surface area contributed by atoms with Crippen LogP contribution in [0.25, 0.3) is 22.3 Å². The molecule has 3 aromatic rings. The molecule has 0 spiro atoms. The molecule has 152 valence electrons. The number of rotatable bonds is 6. The molecule has 3 aromatic heterocycles. The Bertz CT molecular complexity index is 985. The van der Waals surface area contributed by atoms with Crippen molar-refractivity contribution in [3.63, 3.8) is 0 Å². The summed E-state index contributed by atoms with van der Waals surface area (Å²) in [6.45, 7) is 4.02. The molecule has 1 fully saturated rings. The van der Waals surface area contributed by atoms with Crippen LogP contribution in [0.3, 0.4) is 0 Å². The van der Waals surface area contributed by atoms with Crippen LogP contribution in [0.5, 0.6) is 0 Å². The maximum atomic E-state index is 12.6. The minimum atomic E-state index is -0.0882. The lowest BCUT2D eigenvalue weighted by Gasteiger charge is -2.20. The van der Waals surface area contributed by atoms with Crippen molar-refractivity contribution in [3.05, 3.63) is 35.5 Å². The first-order valence-corrected chi connectivity index (χ1v) is 10.4. The molecule has 1 amide bonds. The van der Waals surface area contributed by atoms with Gasteiger partial charge in [-0.2, -0.15) is 0 Å². The number of hydrogen-bond acceptors (Lipinski definition) is 8. The van der Waals surface area contributed by atoms with Gasteiger partial charge in [-0.05, 0) is 39.6 Å². The molecule has 0 aromatic carbocycles. The van der Waals surface area contributed by atoms with Crippen LogP contribution in [-0.4, -0.2) is 70.4 Å². The van der Waals surface area contributed by atoms with Crippen molar-refractivity contribution < 1.29 is 9.21 Å². The normalized spacial score (nSPS) is 17.2. The number of furan rings is 1. The van der Waals surface area contributed by atoms with Crippen LogP contribution in [0.15, 0.2) is 34.2 Å². The maximum absolute atomic E-state index is 12.6. The minimum Gasteiger partial charge on any atom is -0.458 e. The number of aromatic nitrogens is 3. The summed E-state index contributed by atoms with van der Waals surface area (Å²) in [6.07, 6.45) is 2.80. The van der Waals surface area contributed by atoms with E-state index in [0.717, 1.165) is 30.3 Å². The number of amides is 1. The van der Waals surface area contributed by atoms with Crippen molar-refractivity contribution in [1.29, 1.82) is 0 Å². The first-order chi connectivity index (χ1) is 14.0. The van der Waals surface area contributed by atoms with Crippen LogP contribution in [-0.2, 0) is 4.79 Å². The van der Waals surface area contributed by atoms with E-state index in [1.807, 2.05) is 24.4 Å². The first kappa shape index (κ1) is 19.7. The van der Waals surface area contributed by atoms with Crippen LogP contribution in [0.1, 0.15) is 12.2 Å². The lowest BCUT2D eigenvalue weighted by molar-refractivity contribution is -0.117. The summed E-state index contributed by atoms with van der Waals surface area (Å²) in [6, 6.07) is 5.93. The third kappa shape index (κ3) is 4.69. The van der Waals surface area contributed by atoms with E-state index in [2.05, 4.69) is 44.2 Å². The standard InChI is InChI=1S/C20H24N6O2S/c1-13-4-5-16(28-13)19-22-15(20-21-7-9-29-20)10-17(24-19)23-18(27)12-26-8-6-14(11-26)25(2)3/h4-5,7,9-10,14H,6,8,11-12H2,1-3H3,(H,22,23,24,27). The van der Waals surface area contributed by atoms with Crippen molar-refractivity contribution in [1.82, 2.24) is 24.8 Å². The molecule has 0 aliphatic carbocycles. The van der Waals surface area contributed by atoms with Gasteiger partial charge in [-0.25, -0.2) is 15.0 Å². The highest BCUT2D eigenvalue weighted by atomic mass is 32.1. The molecule has 1 N–H and O–H groups in total. The number of anilines is 1. The highest BCUT2D eigenvalue weighted by molar-refractivity contribution is 7.13. The van der Waals surface area contributed by atoms with Gasteiger partial charge in [0.1, 0.15) is 22.3 Å². The molecule has 1 saturated heterocycles. The average molecular weight is 413 g/mol. The third-order valence-corrected chi connectivity index (χ3v) is 5.75. The molecular weight excluding hydrogens is 388 g/mol. The SMILES string of the molecule is Cc1ccc(-c2nc(NC(=O)CN3CCC(N(C)C)C3)cc(-c3nccs3)n2)o1. The molecule has 4 heterocycles. The second kappa shape index (κ2) is 8.40. The molecule has 1 atom stereocenters. The van der Waals surface area contributed by atoms with E-state index in [-0.39, 0.29) is 5.91 Å². The summed E-state index contributed by atoms with van der Waals surface area (Å²) >= 11 is 1.48. The first-order valence-electron chi connectivity index (χ1n) is 9.52. The van der Waals surface area contributed by atoms with Crippen molar-refractivity contribution in [2.24, 2.45) is 0 Å². The van der Waals surface area contributed by atoms with Crippen molar-refractivity contribution >= 4 is 23.1 Å². The summed E-state index contributed by atoms with van der Waals surface area (Å²) in [5.41, 5.74) is 0.656. The van der Waals surface area contributed by atoms with Crippen LogP contribution >= 0.6 is 11.3 Å². The lowest BCUT2D eigenvalue weighted by atomic mass is 10.2. The van der Waals surface area contributed by atoms with E-state index in [1.165, 1.54) is 11.3 Å². The Morgan fingerprint density at radius 2 is 2.24 bits per heavy atom. The highest BCUT2D eigenvalue weighted by Gasteiger charge is 2.25. The summed E-state index contributed by atoms with van der Waals surface area (Å²) in [7, 11) is 4.15. The molecule has 4 rings (SSSR count). The van der Waals surface area contributed by atoms with Crippen molar-refractivity contribution in [3.8, 4) is 22.3 Å². The van der Waals surface area contributed by atoms with Gasteiger partial charge in [-0.15, -0.1) is 11.3 Å². The molecule has 1 unspecified atom stereocenters. The Hall–Kier alpha value is -2.62. The zero-order chi connectivity index (χ0) is 20.4. The zero-order valence-electron chi connectivity index (χ0n) is 16.8. The van der Waals surface area contributed by atoms with Gasteiger partial charge in [0, 0.05) is 36.8 Å². The molecule has 1 aliphatic heterocycles. The Kier molecular flexibility index (Phi) is 5.70. The van der Waals surface area contributed by atoms with Gasteiger partial charge < -0.3 is 14.6 Å². The van der Waals surface area contributed by atoms with Gasteiger partial charge in [0.2, 0.25) is 5.91 Å². The summed E-state index contributed by atoms with van der Waals surface area (Å²) in [5.74, 6) is 2.12. The van der Waals surface area contributed by atoms with Gasteiger partial charge in [0.25, 0.3) is 0 Å². The molecule has 0 saturated carbocycles. The van der Waals surface area contributed by atoms with E-state index < -0.39 is 0 Å². The number of thiazole rings is 1. The molecule has 0 radical (unpaired) electrons. The Morgan fingerprint density at radius 3 is 2.90 bits per heavy atom. The molecule has 0 bridgehead atoms. The predicted octanol–water partition coefficient (Wildman–Crippen LogP) is 2.74. The topological polar surface area (TPSA) is 87.4 Å². The molecule has 1 aliphatic rings. The van der Waals surface area contributed by atoms with Gasteiger partial charge in [-0.1, -0.05) is 0 Å². The summed E-state index contributed by atoms with van der Waals surface area (Å²) in [4.78, 5) is 30.4. The lowest BCUT2D eigenvalue weighted by Crippen LogP contribution is -2.35. The largest absolute Gasteiger partial charge is 0.458 e. The van der Waals surface area contributed by atoms with E-state index >= 15 is 0 Å². The van der Waals surface area contributed by atoms with Crippen LogP contribution in [0, 0.1) is 6.92 Å². The molecule has 8 nitrogen and oxygen atoms in total. The fourth-order valence-corrected chi connectivity index (χ4v) is 4.00. The Balaban J connectivity index is 1.53. The van der Waals surface area contributed by atoms with Crippen LogP contribution in [0.4, 0.5) is 5.82 Å². The maximum Gasteiger partial charge on any atom is 0.239 e. The quantitative estimate of drug-likeness (QED) is 0.666. The smallest absolute Gasteiger partial charge is 0.239 e. The molecule has 9 heteroatoms. The van der Waals surface area contributed by atoms with E-state index in [1.54, 1.807) is 12.3 Å². The summed E-state index contributed by atoms with van der Waals surface area (Å²) in [5, 5.41) is 5.58. The third-order valence-electron chi connectivity index (χ3n) is 4.95. The minimum absolute atomic E-state index is 0.0882. The number of likely N-dealkylation sites (N-methyl/N-ethyl adjacent to an activating group) is 1. The Morgan fingerprint density at radius 1 is 1.38 bits per heavy atom. The molecule has 29 heavy (non-hydrogen) atoms. The summed E-state index contributed by atoms with van der Waals surface area (Å²) < 4.78 is 5.68. The average Bonchev–Trinajstić information content (AvgIpc) is 3.43. The number of nitrogens with zero attached hydrogens (tertiary/aromatic N) is 5. The van der Waals surface area contributed by atoms with E-state index in [9.17, 15) is 4.79 Å². The van der Waals surface area contributed by atoms with Crippen LogP contribution in [0.2, 0.25) is 0 Å². The van der Waals surface area contributed by atoms with Gasteiger partial charge in [0.15, 0.2) is 11.6 Å². The Labute approximate surface area is 173 Å². The van der Waals surface area contributed by atoms with Crippen molar-refractivity contribution in [2.75, 3.05) is 39.0 Å². The van der Waals surface area contributed by atoms with Crippen LogP contribution < -0.4 is 5.32 Å². The second-order valence-corrected chi connectivity index (χ2v) is 8.29. The predicted molar refractivity (Wildman–Crippen MR) is 113 cm³/mol. The second-order valence-electron chi connectivity index (χ2n) is 7.40. The monoisotopic (exact) mass is 412 g/mol.